The molecule has 0 aliphatic heterocycles. The summed E-state index contributed by atoms with van der Waals surface area (Å²) in [5.41, 5.74) is 8.00. The Labute approximate surface area is 175 Å². The Kier molecular flexibility index (Phi) is 9.56. The number of benzene rings is 1. The van der Waals surface area contributed by atoms with E-state index >= 15 is 0 Å². The van der Waals surface area contributed by atoms with Gasteiger partial charge in [-0.05, 0) is 91.9 Å². The van der Waals surface area contributed by atoms with Crippen molar-refractivity contribution in [3.8, 4) is 0 Å². The third-order valence-corrected chi connectivity index (χ3v) is 7.07. The molecule has 1 aliphatic carbocycles. The smallest absolute Gasteiger partial charge is 0.0124 e. The van der Waals surface area contributed by atoms with Crippen LogP contribution in [0.25, 0.3) is 0 Å². The van der Waals surface area contributed by atoms with E-state index in [2.05, 4.69) is 71.9 Å². The highest BCUT2D eigenvalue weighted by atomic mass is 14.2. The fourth-order valence-electron chi connectivity index (χ4n) is 5.18. The van der Waals surface area contributed by atoms with Crippen molar-refractivity contribution in [3.63, 3.8) is 0 Å². The maximum Gasteiger partial charge on any atom is -0.0124 e. The molecule has 0 heterocycles. The molecule has 1 aromatic carbocycles. The second-order valence-corrected chi connectivity index (χ2v) is 8.96. The Balaban J connectivity index is 2.23. The minimum atomic E-state index is 0.666. The molecule has 1 aliphatic rings. The van der Waals surface area contributed by atoms with Crippen LogP contribution in [0, 0.1) is 5.92 Å². The second kappa shape index (κ2) is 11.6. The van der Waals surface area contributed by atoms with E-state index in [0.717, 1.165) is 5.92 Å². The standard InChI is InChI=1S/C28H44/c1-7-11-21(5)28-20-19-27(14-13-23(9-3)22(28)6)26-17-15-25(16-18-26)24(10-4)12-8-2/h15-18,20-21,24,27H,7-14,19H2,1-6H3. The van der Waals surface area contributed by atoms with Crippen LogP contribution in [0.3, 0.4) is 0 Å². The van der Waals surface area contributed by atoms with Crippen molar-refractivity contribution in [2.75, 3.05) is 0 Å². The molecule has 0 heteroatoms. The molecule has 3 unspecified atom stereocenters. The van der Waals surface area contributed by atoms with Gasteiger partial charge in [-0.15, -0.1) is 0 Å². The van der Waals surface area contributed by atoms with Gasteiger partial charge in [0.05, 0.1) is 0 Å². The van der Waals surface area contributed by atoms with Crippen LogP contribution in [-0.2, 0) is 0 Å². The summed E-state index contributed by atoms with van der Waals surface area (Å²) in [5.74, 6) is 2.08. The van der Waals surface area contributed by atoms with Gasteiger partial charge < -0.3 is 0 Å². The van der Waals surface area contributed by atoms with Crippen LogP contribution in [0.1, 0.15) is 122 Å². The van der Waals surface area contributed by atoms with Gasteiger partial charge in [0.15, 0.2) is 0 Å². The zero-order valence-electron chi connectivity index (χ0n) is 19.5. The van der Waals surface area contributed by atoms with Crippen molar-refractivity contribution in [3.05, 3.63) is 58.2 Å². The Hall–Kier alpha value is -1.30. The van der Waals surface area contributed by atoms with Crippen LogP contribution in [-0.4, -0.2) is 0 Å². The second-order valence-electron chi connectivity index (χ2n) is 8.96. The van der Waals surface area contributed by atoms with Gasteiger partial charge in [0.2, 0.25) is 0 Å². The molecule has 28 heavy (non-hydrogen) atoms. The van der Waals surface area contributed by atoms with Crippen LogP contribution in [0.5, 0.6) is 0 Å². The molecule has 0 radical (unpaired) electrons. The summed E-state index contributed by atoms with van der Waals surface area (Å²) in [6, 6.07) is 9.71. The summed E-state index contributed by atoms with van der Waals surface area (Å²) in [5, 5.41) is 0. The van der Waals surface area contributed by atoms with Crippen molar-refractivity contribution in [2.45, 2.75) is 111 Å². The molecule has 0 spiro atoms. The van der Waals surface area contributed by atoms with Crippen molar-refractivity contribution in [1.29, 1.82) is 0 Å². The van der Waals surface area contributed by atoms with Crippen molar-refractivity contribution < 1.29 is 0 Å². The lowest BCUT2D eigenvalue weighted by Gasteiger charge is -2.26. The summed E-state index contributed by atoms with van der Waals surface area (Å²) in [7, 11) is 0. The summed E-state index contributed by atoms with van der Waals surface area (Å²) in [4.78, 5) is 0. The first-order chi connectivity index (χ1) is 13.5. The van der Waals surface area contributed by atoms with Gasteiger partial charge in [-0.3, -0.25) is 0 Å². The highest BCUT2D eigenvalue weighted by molar-refractivity contribution is 5.38. The van der Waals surface area contributed by atoms with Gasteiger partial charge in [0.25, 0.3) is 0 Å². The highest BCUT2D eigenvalue weighted by Crippen LogP contribution is 2.37. The number of hydrogen-bond acceptors (Lipinski definition) is 0. The minimum absolute atomic E-state index is 0.666. The van der Waals surface area contributed by atoms with Crippen molar-refractivity contribution in [2.24, 2.45) is 5.92 Å². The largest absolute Gasteiger partial charge is 0.0802 e. The van der Waals surface area contributed by atoms with Gasteiger partial charge in [-0.25, -0.2) is 0 Å². The first-order valence-electron chi connectivity index (χ1n) is 12.0. The maximum atomic E-state index is 2.59. The summed E-state index contributed by atoms with van der Waals surface area (Å²) < 4.78 is 0. The first kappa shape index (κ1) is 23.0. The van der Waals surface area contributed by atoms with E-state index in [4.69, 9.17) is 0 Å². The fraction of sp³-hybridized carbons (Fsp3) is 0.643. The lowest BCUT2D eigenvalue weighted by atomic mass is 9.79. The van der Waals surface area contributed by atoms with E-state index < -0.39 is 0 Å². The molecular formula is C28H44. The monoisotopic (exact) mass is 380 g/mol. The van der Waals surface area contributed by atoms with Crippen LogP contribution in [0.4, 0.5) is 0 Å². The van der Waals surface area contributed by atoms with E-state index in [-0.39, 0.29) is 0 Å². The number of allylic oxidation sites excluding steroid dienone is 4. The average molecular weight is 381 g/mol. The molecule has 0 saturated carbocycles. The summed E-state index contributed by atoms with van der Waals surface area (Å²) in [6.45, 7) is 14.1. The first-order valence-corrected chi connectivity index (χ1v) is 12.0. The Bertz CT molecular complexity index is 643. The third kappa shape index (κ3) is 5.85. The lowest BCUT2D eigenvalue weighted by molar-refractivity contribution is 0.572. The SMILES string of the molecule is CCCC(C)C1=CCC(c2ccc(C(CC)CCC)cc2)CCC(CC)=C1C. The molecule has 0 amide bonds. The zero-order valence-corrected chi connectivity index (χ0v) is 19.5. The lowest BCUT2D eigenvalue weighted by Crippen LogP contribution is -2.09. The normalized spacial score (nSPS) is 20.4. The van der Waals surface area contributed by atoms with Crippen molar-refractivity contribution >= 4 is 0 Å². The van der Waals surface area contributed by atoms with Crippen LogP contribution in [0.2, 0.25) is 0 Å². The zero-order chi connectivity index (χ0) is 20.5. The van der Waals surface area contributed by atoms with Crippen LogP contribution < -0.4 is 0 Å². The molecule has 156 valence electrons. The van der Waals surface area contributed by atoms with Crippen LogP contribution in [0.15, 0.2) is 47.1 Å². The van der Waals surface area contributed by atoms with E-state index in [1.165, 1.54) is 63.4 Å². The molecule has 0 aromatic heterocycles. The Morgan fingerprint density at radius 2 is 1.64 bits per heavy atom. The molecule has 0 bridgehead atoms. The number of hydrogen-bond donors (Lipinski definition) is 0. The van der Waals surface area contributed by atoms with E-state index in [9.17, 15) is 0 Å². The summed E-state index contributed by atoms with van der Waals surface area (Å²) in [6.07, 6.45) is 14.0. The average Bonchev–Trinajstić information content (AvgIpc) is 2.70. The molecule has 1 aromatic rings. The highest BCUT2D eigenvalue weighted by Gasteiger charge is 2.20. The predicted molar refractivity (Wildman–Crippen MR) is 126 cm³/mol. The van der Waals surface area contributed by atoms with Gasteiger partial charge >= 0.3 is 0 Å². The minimum Gasteiger partial charge on any atom is -0.0802 e. The van der Waals surface area contributed by atoms with Crippen LogP contribution >= 0.6 is 0 Å². The summed E-state index contributed by atoms with van der Waals surface area (Å²) >= 11 is 0. The van der Waals surface area contributed by atoms with E-state index in [1.807, 2.05) is 0 Å². The van der Waals surface area contributed by atoms with Gasteiger partial charge in [0, 0.05) is 0 Å². The fourth-order valence-corrected chi connectivity index (χ4v) is 5.18. The molecule has 3 atom stereocenters. The molecule has 0 saturated heterocycles. The molecule has 0 fully saturated rings. The van der Waals surface area contributed by atoms with Gasteiger partial charge in [-0.1, -0.05) is 83.4 Å². The Morgan fingerprint density at radius 1 is 0.964 bits per heavy atom. The topological polar surface area (TPSA) is 0 Å². The van der Waals surface area contributed by atoms with E-state index in [1.54, 1.807) is 22.3 Å². The van der Waals surface area contributed by atoms with E-state index in [0.29, 0.717) is 11.8 Å². The Morgan fingerprint density at radius 3 is 2.21 bits per heavy atom. The van der Waals surface area contributed by atoms with Gasteiger partial charge in [-0.2, -0.15) is 0 Å². The maximum absolute atomic E-state index is 2.59. The number of rotatable bonds is 9. The molecular weight excluding hydrogens is 336 g/mol. The molecule has 0 N–H and O–H groups in total. The molecule has 0 nitrogen and oxygen atoms in total. The quantitative estimate of drug-likeness (QED) is 0.400. The predicted octanol–water partition coefficient (Wildman–Crippen LogP) is 9.34. The van der Waals surface area contributed by atoms with Gasteiger partial charge in [0.1, 0.15) is 0 Å². The third-order valence-electron chi connectivity index (χ3n) is 7.07. The van der Waals surface area contributed by atoms with Crippen molar-refractivity contribution in [1.82, 2.24) is 0 Å². The molecule has 2 rings (SSSR count).